The molecule has 218 valence electrons. The molecular weight excluding hydrogens is 524 g/mol. The second kappa shape index (κ2) is 11.5. The molecule has 0 aromatic carbocycles. The van der Waals surface area contributed by atoms with Gasteiger partial charge >= 0.3 is 6.09 Å². The summed E-state index contributed by atoms with van der Waals surface area (Å²) in [6.07, 6.45) is -0.685. The van der Waals surface area contributed by atoms with Crippen molar-refractivity contribution < 1.29 is 34.1 Å². The molecule has 0 spiro atoms. The maximum absolute atomic E-state index is 12.4. The van der Waals surface area contributed by atoms with E-state index in [1.54, 1.807) is 23.8 Å². The van der Waals surface area contributed by atoms with Crippen molar-refractivity contribution >= 4 is 34.9 Å². The monoisotopic (exact) mass is 560 g/mol. The van der Waals surface area contributed by atoms with Crippen molar-refractivity contribution in [1.82, 2.24) is 34.6 Å². The molecule has 2 aromatic heterocycles. The van der Waals surface area contributed by atoms with E-state index < -0.39 is 30.4 Å². The number of imidazole rings is 1. The van der Waals surface area contributed by atoms with Gasteiger partial charge in [0, 0.05) is 33.1 Å². The highest BCUT2D eigenvalue weighted by Crippen LogP contribution is 2.32. The fourth-order valence-corrected chi connectivity index (χ4v) is 5.40. The average molecular weight is 561 g/mol. The smallest absolute Gasteiger partial charge is 0.409 e. The summed E-state index contributed by atoms with van der Waals surface area (Å²) in [6, 6.07) is -0.0365. The van der Waals surface area contributed by atoms with Gasteiger partial charge in [-0.25, -0.2) is 19.7 Å². The number of carbonyl (C=O) groups excluding carboxylic acids is 3. The zero-order valence-corrected chi connectivity index (χ0v) is 22.6. The molecule has 0 radical (unpaired) electrons. The Labute approximate surface area is 230 Å². The number of ether oxygens (including phenoxy) is 2. The number of nitrogens with two attached hydrogens (primary N) is 1. The summed E-state index contributed by atoms with van der Waals surface area (Å²) < 4.78 is 12.6. The summed E-state index contributed by atoms with van der Waals surface area (Å²) >= 11 is 0. The van der Waals surface area contributed by atoms with E-state index in [0.29, 0.717) is 55.4 Å². The van der Waals surface area contributed by atoms with Crippen molar-refractivity contribution in [2.24, 2.45) is 5.92 Å². The van der Waals surface area contributed by atoms with Crippen LogP contribution < -0.4 is 11.1 Å². The van der Waals surface area contributed by atoms with Crippen molar-refractivity contribution in [2.45, 2.75) is 69.6 Å². The molecule has 3 amide bonds. The highest BCUT2D eigenvalue weighted by molar-refractivity contribution is 5.83. The number of β-lactam (4-membered cyclic amide) rings is 1. The lowest BCUT2D eigenvalue weighted by molar-refractivity contribution is -0.145. The molecule has 15 nitrogen and oxygen atoms in total. The Morgan fingerprint density at radius 1 is 1.23 bits per heavy atom. The van der Waals surface area contributed by atoms with Crippen LogP contribution in [0.15, 0.2) is 6.33 Å². The van der Waals surface area contributed by atoms with Crippen molar-refractivity contribution in [3.05, 3.63) is 12.2 Å². The van der Waals surface area contributed by atoms with Crippen molar-refractivity contribution in [2.75, 3.05) is 39.0 Å². The van der Waals surface area contributed by atoms with Gasteiger partial charge in [-0.1, -0.05) is 0 Å². The lowest BCUT2D eigenvalue weighted by atomic mass is 9.92. The standard InChI is InChI=1S/C25H36N8O7/c1-3-27-23(37)20-18(35)19(36)24(40-20)33-12-28-17-21(26)29-15(30-22(17)33)5-4-13-6-8-32(9-7-13)25(38)39-11-14-10-16(34)31(14)2/h12-14,18-20,24,35-36H,3-11H2,1-2H3,(H,27,37)(H2,26,29,30)/t14?,18?,19?,20-,24+/m0/s1. The third-order valence-electron chi connectivity index (χ3n) is 8.02. The van der Waals surface area contributed by atoms with Crippen LogP contribution in [-0.2, 0) is 25.5 Å². The van der Waals surface area contributed by atoms with E-state index >= 15 is 0 Å². The molecule has 5 atom stereocenters. The van der Waals surface area contributed by atoms with Gasteiger partial charge < -0.3 is 40.5 Å². The van der Waals surface area contributed by atoms with E-state index in [1.807, 2.05) is 0 Å². The number of piperidine rings is 1. The molecule has 0 aliphatic carbocycles. The predicted octanol–water partition coefficient (Wildman–Crippen LogP) is -0.824. The Kier molecular flexibility index (Phi) is 8.05. The molecule has 2 aromatic rings. The van der Waals surface area contributed by atoms with E-state index in [4.69, 9.17) is 15.2 Å². The molecule has 0 saturated carbocycles. The number of aryl methyl sites for hydroxylation is 1. The minimum Gasteiger partial charge on any atom is -0.447 e. The van der Waals surface area contributed by atoms with Crippen LogP contribution in [0.1, 0.15) is 44.7 Å². The molecule has 0 bridgehead atoms. The van der Waals surface area contributed by atoms with E-state index in [9.17, 15) is 24.6 Å². The molecule has 3 saturated heterocycles. The van der Waals surface area contributed by atoms with E-state index in [2.05, 4.69) is 20.3 Å². The van der Waals surface area contributed by atoms with Crippen LogP contribution in [-0.4, -0.2) is 115 Å². The van der Waals surface area contributed by atoms with Crippen molar-refractivity contribution in [3.63, 3.8) is 0 Å². The number of nitrogens with zero attached hydrogens (tertiary/aromatic N) is 6. The maximum Gasteiger partial charge on any atom is 0.409 e. The van der Waals surface area contributed by atoms with Crippen molar-refractivity contribution in [3.8, 4) is 0 Å². The first-order valence-electron chi connectivity index (χ1n) is 13.6. The lowest BCUT2D eigenvalue weighted by Crippen LogP contribution is -2.53. The number of amides is 3. The summed E-state index contributed by atoms with van der Waals surface area (Å²) in [4.78, 5) is 52.6. The number of carbonyl (C=O) groups is 3. The zero-order valence-electron chi connectivity index (χ0n) is 22.6. The van der Waals surface area contributed by atoms with Gasteiger partial charge in [-0.15, -0.1) is 0 Å². The number of hydrogen-bond acceptors (Lipinski definition) is 11. The largest absolute Gasteiger partial charge is 0.447 e. The minimum atomic E-state index is -1.42. The van der Waals surface area contributed by atoms with Gasteiger partial charge in [0.15, 0.2) is 23.8 Å². The van der Waals surface area contributed by atoms with Gasteiger partial charge in [-0.05, 0) is 32.1 Å². The van der Waals surface area contributed by atoms with E-state index in [-0.39, 0.29) is 30.5 Å². The Balaban J connectivity index is 1.17. The maximum atomic E-state index is 12.4. The lowest BCUT2D eigenvalue weighted by Gasteiger charge is -2.37. The molecule has 3 fully saturated rings. The predicted molar refractivity (Wildman–Crippen MR) is 139 cm³/mol. The SMILES string of the molecule is CCNC(=O)[C@H]1O[C@@H](n2cnc3c(N)nc(CCC4CCN(C(=O)OCC5CC(=O)N5C)CC4)nc32)C(O)C1O. The Bertz CT molecular complexity index is 1260. The zero-order chi connectivity index (χ0) is 28.6. The number of aromatic nitrogens is 4. The topological polar surface area (TPSA) is 198 Å². The fourth-order valence-electron chi connectivity index (χ4n) is 5.40. The molecule has 40 heavy (non-hydrogen) atoms. The van der Waals surface area contributed by atoms with Crippen LogP contribution in [0.25, 0.3) is 11.2 Å². The molecule has 3 aliphatic rings. The number of hydrogen-bond donors (Lipinski definition) is 4. The number of aliphatic hydroxyl groups is 2. The van der Waals surface area contributed by atoms with Crippen LogP contribution in [0.5, 0.6) is 0 Å². The number of nitrogens with one attached hydrogen (secondary N) is 1. The molecular formula is C25H36N8O7. The van der Waals surface area contributed by atoms with Gasteiger partial charge in [-0.3, -0.25) is 14.2 Å². The molecule has 5 rings (SSSR count). The van der Waals surface area contributed by atoms with Gasteiger partial charge in [-0.2, -0.15) is 0 Å². The number of nitrogen functional groups attached to an aromatic ring is 1. The van der Waals surface area contributed by atoms with Gasteiger partial charge in [0.05, 0.1) is 18.8 Å². The van der Waals surface area contributed by atoms with Crippen LogP contribution >= 0.6 is 0 Å². The average Bonchev–Trinajstić information content (AvgIpc) is 3.50. The number of rotatable bonds is 8. The Hall–Kier alpha value is -3.56. The molecule has 5 heterocycles. The van der Waals surface area contributed by atoms with Crippen LogP contribution in [0, 0.1) is 5.92 Å². The van der Waals surface area contributed by atoms with Crippen molar-refractivity contribution in [1.29, 1.82) is 0 Å². The third-order valence-corrected chi connectivity index (χ3v) is 8.02. The number of anilines is 1. The summed E-state index contributed by atoms with van der Waals surface area (Å²) in [5.41, 5.74) is 6.84. The van der Waals surface area contributed by atoms with Crippen LogP contribution in [0.3, 0.4) is 0 Å². The van der Waals surface area contributed by atoms with Gasteiger partial charge in [0.2, 0.25) is 5.91 Å². The first kappa shape index (κ1) is 28.0. The number of likely N-dealkylation sites (tertiary alicyclic amines) is 2. The first-order chi connectivity index (χ1) is 19.2. The summed E-state index contributed by atoms with van der Waals surface area (Å²) in [6.45, 7) is 3.49. The number of fused-ring (bicyclic) bond motifs is 1. The fraction of sp³-hybridized carbons (Fsp3) is 0.680. The van der Waals surface area contributed by atoms with Crippen LogP contribution in [0.2, 0.25) is 0 Å². The molecule has 3 unspecified atom stereocenters. The summed E-state index contributed by atoms with van der Waals surface area (Å²) in [5, 5.41) is 23.6. The summed E-state index contributed by atoms with van der Waals surface area (Å²) in [5.74, 6) is 0.587. The second-order valence-electron chi connectivity index (χ2n) is 10.6. The third kappa shape index (κ3) is 5.40. The van der Waals surface area contributed by atoms with E-state index in [0.717, 1.165) is 19.3 Å². The highest BCUT2D eigenvalue weighted by atomic mass is 16.6. The van der Waals surface area contributed by atoms with Crippen LogP contribution in [0.4, 0.5) is 10.6 Å². The minimum absolute atomic E-state index is 0.0365. The normalized spacial score (nSPS) is 27.2. The van der Waals surface area contributed by atoms with E-state index in [1.165, 1.54) is 10.9 Å². The molecule has 15 heteroatoms. The molecule has 3 aliphatic heterocycles. The molecule has 5 N–H and O–H groups in total. The summed E-state index contributed by atoms with van der Waals surface area (Å²) in [7, 11) is 1.71. The van der Waals surface area contributed by atoms with Gasteiger partial charge in [0.25, 0.3) is 5.91 Å². The highest BCUT2D eigenvalue weighted by Gasteiger charge is 2.47. The number of aliphatic hydroxyl groups excluding tert-OH is 2. The number of likely N-dealkylation sites (N-methyl/N-ethyl adjacent to an activating group) is 2. The first-order valence-corrected chi connectivity index (χ1v) is 13.6. The Morgan fingerprint density at radius 2 is 1.98 bits per heavy atom. The Morgan fingerprint density at radius 3 is 2.65 bits per heavy atom. The quantitative estimate of drug-likeness (QED) is 0.294. The van der Waals surface area contributed by atoms with Gasteiger partial charge in [0.1, 0.15) is 30.2 Å². The second-order valence-corrected chi connectivity index (χ2v) is 10.6.